The first-order chi connectivity index (χ1) is 12.7. The molecule has 0 N–H and O–H groups in total. The zero-order valence-electron chi connectivity index (χ0n) is 13.9. The van der Waals surface area contributed by atoms with E-state index in [0.29, 0.717) is 29.5 Å². The second kappa shape index (κ2) is 7.09. The Morgan fingerprint density at radius 1 is 1.04 bits per heavy atom. The Kier molecular flexibility index (Phi) is 4.49. The van der Waals surface area contributed by atoms with Gasteiger partial charge < -0.3 is 9.80 Å². The van der Waals surface area contributed by atoms with Crippen LogP contribution in [0.25, 0.3) is 5.82 Å². The first-order valence-corrected chi connectivity index (χ1v) is 8.56. The summed E-state index contributed by atoms with van der Waals surface area (Å²) in [6.45, 7) is 2.73. The monoisotopic (exact) mass is 369 g/mol. The molecule has 26 heavy (non-hydrogen) atoms. The van der Waals surface area contributed by atoms with Gasteiger partial charge in [-0.2, -0.15) is 0 Å². The lowest BCUT2D eigenvalue weighted by Crippen LogP contribution is -2.49. The van der Waals surface area contributed by atoms with Crippen LogP contribution >= 0.6 is 11.6 Å². The lowest BCUT2D eigenvalue weighted by molar-refractivity contribution is 0.0746. The van der Waals surface area contributed by atoms with Crippen molar-refractivity contribution in [1.29, 1.82) is 0 Å². The molecule has 3 aromatic rings. The fraction of sp³-hybridized carbons (Fsp3) is 0.235. The number of piperazine rings is 1. The van der Waals surface area contributed by atoms with Gasteiger partial charge in [0.15, 0.2) is 5.82 Å². The molecule has 1 saturated heterocycles. The quantitative estimate of drug-likeness (QED) is 0.698. The molecule has 9 heteroatoms. The molecule has 0 aliphatic carbocycles. The highest BCUT2D eigenvalue weighted by molar-refractivity contribution is 6.32. The van der Waals surface area contributed by atoms with Crippen LogP contribution in [-0.2, 0) is 0 Å². The lowest BCUT2D eigenvalue weighted by atomic mass is 10.2. The van der Waals surface area contributed by atoms with Crippen molar-refractivity contribution in [3.63, 3.8) is 0 Å². The summed E-state index contributed by atoms with van der Waals surface area (Å²) in [6, 6.07) is 7.47. The van der Waals surface area contributed by atoms with Gasteiger partial charge in [0.1, 0.15) is 18.5 Å². The van der Waals surface area contributed by atoms with E-state index in [2.05, 4.69) is 25.1 Å². The third-order valence-corrected chi connectivity index (χ3v) is 4.55. The average molecular weight is 370 g/mol. The summed E-state index contributed by atoms with van der Waals surface area (Å²) in [6.07, 6.45) is 6.33. The minimum absolute atomic E-state index is 0.0737. The third-order valence-electron chi connectivity index (χ3n) is 4.27. The van der Waals surface area contributed by atoms with E-state index in [1.807, 2.05) is 23.1 Å². The number of rotatable bonds is 3. The van der Waals surface area contributed by atoms with Crippen LogP contribution < -0.4 is 4.90 Å². The van der Waals surface area contributed by atoms with Crippen LogP contribution in [0.1, 0.15) is 10.4 Å². The molecule has 1 amide bonds. The molecule has 1 aliphatic heterocycles. The van der Waals surface area contributed by atoms with Gasteiger partial charge >= 0.3 is 0 Å². The topological polar surface area (TPSA) is 80.0 Å². The Balaban J connectivity index is 1.45. The number of halogens is 1. The highest BCUT2D eigenvalue weighted by Crippen LogP contribution is 2.20. The Bertz CT molecular complexity index is 893. The number of pyridine rings is 2. The van der Waals surface area contributed by atoms with Gasteiger partial charge in [-0.3, -0.25) is 9.36 Å². The van der Waals surface area contributed by atoms with Crippen molar-refractivity contribution in [1.82, 2.24) is 29.6 Å². The minimum Gasteiger partial charge on any atom is -0.353 e. The van der Waals surface area contributed by atoms with Gasteiger partial charge in [0, 0.05) is 38.6 Å². The van der Waals surface area contributed by atoms with E-state index in [4.69, 9.17) is 11.6 Å². The first-order valence-electron chi connectivity index (χ1n) is 8.18. The molecule has 0 saturated carbocycles. The highest BCUT2D eigenvalue weighted by atomic mass is 35.5. The third kappa shape index (κ3) is 3.23. The fourth-order valence-corrected chi connectivity index (χ4v) is 3.17. The molecule has 0 bridgehead atoms. The molecule has 4 rings (SSSR count). The molecule has 0 aromatic carbocycles. The maximum atomic E-state index is 12.8. The van der Waals surface area contributed by atoms with E-state index >= 15 is 0 Å². The van der Waals surface area contributed by atoms with Crippen molar-refractivity contribution in [2.24, 2.45) is 0 Å². The van der Waals surface area contributed by atoms with E-state index in [9.17, 15) is 4.79 Å². The van der Waals surface area contributed by atoms with Gasteiger partial charge in [0.25, 0.3) is 5.91 Å². The predicted octanol–water partition coefficient (Wildman–Crippen LogP) is 1.67. The summed E-state index contributed by atoms with van der Waals surface area (Å²) in [5.41, 5.74) is 0.470. The number of nitrogens with zero attached hydrogens (tertiary/aromatic N) is 7. The number of amides is 1. The molecule has 4 heterocycles. The summed E-state index contributed by atoms with van der Waals surface area (Å²) < 4.78 is 1.60. The smallest absolute Gasteiger partial charge is 0.255 e. The van der Waals surface area contributed by atoms with Gasteiger partial charge in [-0.15, -0.1) is 10.2 Å². The van der Waals surface area contributed by atoms with Gasteiger partial charge in [0.2, 0.25) is 0 Å². The largest absolute Gasteiger partial charge is 0.353 e. The van der Waals surface area contributed by atoms with Crippen molar-refractivity contribution in [3.8, 4) is 5.82 Å². The van der Waals surface area contributed by atoms with Crippen LogP contribution in [-0.4, -0.2) is 61.7 Å². The molecule has 0 spiro atoms. The SMILES string of the molecule is O=C(c1cnc(-n2cnnc2)c(Cl)c1)N1CCN(c2ccccn2)CC1. The summed E-state index contributed by atoms with van der Waals surface area (Å²) >= 11 is 6.28. The minimum atomic E-state index is -0.0737. The number of carbonyl (C=O) groups excluding carboxylic acids is 1. The van der Waals surface area contributed by atoms with Crippen molar-refractivity contribution in [2.75, 3.05) is 31.1 Å². The van der Waals surface area contributed by atoms with Crippen molar-refractivity contribution in [2.45, 2.75) is 0 Å². The molecule has 1 fully saturated rings. The first kappa shape index (κ1) is 16.5. The number of hydrogen-bond donors (Lipinski definition) is 0. The normalized spacial score (nSPS) is 14.5. The molecule has 0 unspecified atom stereocenters. The molecule has 0 radical (unpaired) electrons. The second-order valence-corrected chi connectivity index (χ2v) is 6.27. The van der Waals surface area contributed by atoms with Crippen LogP contribution in [0.3, 0.4) is 0 Å². The van der Waals surface area contributed by atoms with E-state index in [-0.39, 0.29) is 5.91 Å². The Labute approximate surface area is 155 Å². The van der Waals surface area contributed by atoms with Crippen molar-refractivity contribution < 1.29 is 4.79 Å². The lowest BCUT2D eigenvalue weighted by Gasteiger charge is -2.35. The molecule has 8 nitrogen and oxygen atoms in total. The van der Waals surface area contributed by atoms with Crippen LogP contribution in [0.5, 0.6) is 0 Å². The molecular weight excluding hydrogens is 354 g/mol. The van der Waals surface area contributed by atoms with Crippen molar-refractivity contribution >= 4 is 23.3 Å². The van der Waals surface area contributed by atoms with Gasteiger partial charge in [0.05, 0.1) is 10.6 Å². The zero-order valence-corrected chi connectivity index (χ0v) is 14.6. The van der Waals surface area contributed by atoms with E-state index in [0.717, 1.165) is 18.9 Å². The summed E-state index contributed by atoms with van der Waals surface area (Å²) in [7, 11) is 0. The highest BCUT2D eigenvalue weighted by Gasteiger charge is 2.23. The molecule has 1 aliphatic rings. The van der Waals surface area contributed by atoms with Gasteiger partial charge in [-0.05, 0) is 18.2 Å². The number of anilines is 1. The van der Waals surface area contributed by atoms with Gasteiger partial charge in [-0.25, -0.2) is 9.97 Å². The molecule has 132 valence electrons. The van der Waals surface area contributed by atoms with Crippen molar-refractivity contribution in [3.05, 3.63) is 59.9 Å². The molecular formula is C17H16ClN7O. The molecule has 3 aromatic heterocycles. The standard InChI is InChI=1S/C17H16ClN7O/c18-14-9-13(10-20-16(14)25-11-21-22-12-25)17(26)24-7-5-23(6-8-24)15-3-1-2-4-19-15/h1-4,9-12H,5-8H2. The average Bonchev–Trinajstić information content (AvgIpc) is 3.22. The Morgan fingerprint density at radius 3 is 2.46 bits per heavy atom. The van der Waals surface area contributed by atoms with Crippen LogP contribution in [0.4, 0.5) is 5.82 Å². The second-order valence-electron chi connectivity index (χ2n) is 5.87. The Hall–Kier alpha value is -3.00. The summed E-state index contributed by atoms with van der Waals surface area (Å²) in [4.78, 5) is 25.4. The summed E-state index contributed by atoms with van der Waals surface area (Å²) in [5, 5.41) is 7.84. The fourth-order valence-electron chi connectivity index (χ4n) is 2.91. The number of aromatic nitrogens is 5. The van der Waals surface area contributed by atoms with Crippen LogP contribution in [0.2, 0.25) is 5.02 Å². The Morgan fingerprint density at radius 2 is 1.81 bits per heavy atom. The number of hydrogen-bond acceptors (Lipinski definition) is 6. The van der Waals surface area contributed by atoms with Crippen LogP contribution in [0.15, 0.2) is 49.3 Å². The zero-order chi connectivity index (χ0) is 17.9. The van der Waals surface area contributed by atoms with Gasteiger partial charge in [-0.1, -0.05) is 17.7 Å². The molecule has 0 atom stereocenters. The van der Waals surface area contributed by atoms with E-state index in [1.54, 1.807) is 16.8 Å². The van der Waals surface area contributed by atoms with Crippen LogP contribution in [0, 0.1) is 0 Å². The summed E-state index contributed by atoms with van der Waals surface area (Å²) in [5.74, 6) is 1.35. The van der Waals surface area contributed by atoms with E-state index in [1.165, 1.54) is 18.9 Å². The number of carbonyl (C=O) groups is 1. The maximum absolute atomic E-state index is 12.8. The maximum Gasteiger partial charge on any atom is 0.255 e. The predicted molar refractivity (Wildman–Crippen MR) is 96.5 cm³/mol. The van der Waals surface area contributed by atoms with E-state index < -0.39 is 0 Å².